The van der Waals surface area contributed by atoms with Crippen LogP contribution in [0.1, 0.15) is 36.8 Å². The van der Waals surface area contributed by atoms with Crippen LogP contribution in [-0.2, 0) is 9.53 Å². The molecule has 2 aromatic carbocycles. The standard InChI is InChI=1S/C20H18O2/c21-19-17(15-9-3-1-4-10-15)18(16-11-5-2-6-12-16)22-20(19)13-7-8-14-20/h1-6,9-12H,7-8,13-14H2. The van der Waals surface area contributed by atoms with Gasteiger partial charge < -0.3 is 4.74 Å². The molecule has 22 heavy (non-hydrogen) atoms. The molecule has 2 heteroatoms. The van der Waals surface area contributed by atoms with Gasteiger partial charge in [0.05, 0.1) is 5.57 Å². The van der Waals surface area contributed by atoms with Crippen molar-refractivity contribution in [1.29, 1.82) is 0 Å². The van der Waals surface area contributed by atoms with Crippen molar-refractivity contribution in [3.05, 3.63) is 71.8 Å². The summed E-state index contributed by atoms with van der Waals surface area (Å²) in [6.45, 7) is 0. The average Bonchev–Trinajstić information content (AvgIpc) is 3.16. The number of benzene rings is 2. The van der Waals surface area contributed by atoms with E-state index in [1.54, 1.807) is 0 Å². The van der Waals surface area contributed by atoms with Crippen LogP contribution in [-0.4, -0.2) is 11.4 Å². The van der Waals surface area contributed by atoms with Crippen LogP contribution in [0.3, 0.4) is 0 Å². The molecule has 0 unspecified atom stereocenters. The summed E-state index contributed by atoms with van der Waals surface area (Å²) in [6, 6.07) is 19.9. The Labute approximate surface area is 130 Å². The molecule has 1 fully saturated rings. The quantitative estimate of drug-likeness (QED) is 0.816. The number of rotatable bonds is 2. The van der Waals surface area contributed by atoms with E-state index in [0.717, 1.165) is 48.1 Å². The summed E-state index contributed by atoms with van der Waals surface area (Å²) >= 11 is 0. The van der Waals surface area contributed by atoms with Gasteiger partial charge in [-0.05, 0) is 31.2 Å². The van der Waals surface area contributed by atoms with Crippen molar-refractivity contribution in [1.82, 2.24) is 0 Å². The Morgan fingerprint density at radius 1 is 0.773 bits per heavy atom. The zero-order valence-corrected chi connectivity index (χ0v) is 12.4. The second-order valence-electron chi connectivity index (χ2n) is 6.07. The van der Waals surface area contributed by atoms with Gasteiger partial charge >= 0.3 is 0 Å². The molecule has 1 saturated carbocycles. The second kappa shape index (κ2) is 5.13. The van der Waals surface area contributed by atoms with Gasteiger partial charge in [-0.1, -0.05) is 60.7 Å². The lowest BCUT2D eigenvalue weighted by Crippen LogP contribution is -2.33. The summed E-state index contributed by atoms with van der Waals surface area (Å²) < 4.78 is 6.31. The van der Waals surface area contributed by atoms with Crippen molar-refractivity contribution in [2.24, 2.45) is 0 Å². The zero-order valence-electron chi connectivity index (χ0n) is 12.4. The zero-order chi connectivity index (χ0) is 15.0. The molecule has 0 N–H and O–H groups in total. The number of Topliss-reactive ketones (excluding diaryl/α,β-unsaturated/α-hetero) is 1. The highest BCUT2D eigenvalue weighted by Crippen LogP contribution is 2.48. The average molecular weight is 290 g/mol. The Kier molecular flexibility index (Phi) is 3.11. The van der Waals surface area contributed by atoms with E-state index < -0.39 is 5.60 Å². The van der Waals surface area contributed by atoms with Gasteiger partial charge in [-0.15, -0.1) is 0 Å². The summed E-state index contributed by atoms with van der Waals surface area (Å²) in [5, 5.41) is 0. The van der Waals surface area contributed by atoms with Gasteiger partial charge in [0, 0.05) is 5.56 Å². The van der Waals surface area contributed by atoms with Crippen LogP contribution >= 0.6 is 0 Å². The molecule has 0 radical (unpaired) electrons. The maximum atomic E-state index is 13.1. The lowest BCUT2D eigenvalue weighted by Gasteiger charge is -2.22. The van der Waals surface area contributed by atoms with E-state index in [4.69, 9.17) is 4.74 Å². The molecule has 0 amide bonds. The SMILES string of the molecule is O=C1C(c2ccccc2)=C(c2ccccc2)OC12CCCC2. The van der Waals surface area contributed by atoms with Crippen LogP contribution in [0.4, 0.5) is 0 Å². The lowest BCUT2D eigenvalue weighted by atomic mass is 9.89. The van der Waals surface area contributed by atoms with E-state index in [2.05, 4.69) is 0 Å². The second-order valence-corrected chi connectivity index (χ2v) is 6.07. The minimum Gasteiger partial charge on any atom is -0.478 e. The first-order valence-electron chi connectivity index (χ1n) is 7.89. The van der Waals surface area contributed by atoms with Crippen LogP contribution in [0, 0.1) is 0 Å². The first-order chi connectivity index (χ1) is 10.8. The van der Waals surface area contributed by atoms with Crippen molar-refractivity contribution < 1.29 is 9.53 Å². The maximum Gasteiger partial charge on any atom is 0.210 e. The highest BCUT2D eigenvalue weighted by atomic mass is 16.5. The van der Waals surface area contributed by atoms with Crippen molar-refractivity contribution in [2.45, 2.75) is 31.3 Å². The first kappa shape index (κ1) is 13.3. The highest BCUT2D eigenvalue weighted by molar-refractivity contribution is 6.33. The molecule has 2 nitrogen and oxygen atoms in total. The van der Waals surface area contributed by atoms with Crippen LogP contribution < -0.4 is 0 Å². The van der Waals surface area contributed by atoms with Gasteiger partial charge in [0.2, 0.25) is 5.78 Å². The Morgan fingerprint density at radius 3 is 1.91 bits per heavy atom. The lowest BCUT2D eigenvalue weighted by molar-refractivity contribution is -0.127. The molecule has 0 bridgehead atoms. The Bertz CT molecular complexity index is 723. The van der Waals surface area contributed by atoms with Gasteiger partial charge in [0.25, 0.3) is 0 Å². The Morgan fingerprint density at radius 2 is 1.32 bits per heavy atom. The van der Waals surface area contributed by atoms with Gasteiger partial charge in [-0.25, -0.2) is 0 Å². The fourth-order valence-corrected chi connectivity index (χ4v) is 3.56. The number of hydrogen-bond acceptors (Lipinski definition) is 2. The summed E-state index contributed by atoms with van der Waals surface area (Å²) in [7, 11) is 0. The molecule has 1 heterocycles. The molecule has 2 aromatic rings. The Hall–Kier alpha value is -2.35. The van der Waals surface area contributed by atoms with Gasteiger partial charge in [0.15, 0.2) is 5.60 Å². The summed E-state index contributed by atoms with van der Waals surface area (Å²) in [6.07, 6.45) is 3.79. The monoisotopic (exact) mass is 290 g/mol. The predicted molar refractivity (Wildman–Crippen MR) is 87.0 cm³/mol. The van der Waals surface area contributed by atoms with Gasteiger partial charge in [-0.3, -0.25) is 4.79 Å². The van der Waals surface area contributed by atoms with Crippen molar-refractivity contribution in [2.75, 3.05) is 0 Å². The first-order valence-corrected chi connectivity index (χ1v) is 7.89. The molecule has 110 valence electrons. The van der Waals surface area contributed by atoms with Crippen molar-refractivity contribution >= 4 is 17.1 Å². The van der Waals surface area contributed by atoms with Gasteiger partial charge in [-0.2, -0.15) is 0 Å². The molecule has 1 aliphatic carbocycles. The third-order valence-electron chi connectivity index (χ3n) is 4.68. The topological polar surface area (TPSA) is 26.3 Å². The largest absolute Gasteiger partial charge is 0.478 e. The number of hydrogen-bond donors (Lipinski definition) is 0. The van der Waals surface area contributed by atoms with E-state index in [9.17, 15) is 4.79 Å². The molecule has 0 saturated heterocycles. The van der Waals surface area contributed by atoms with E-state index in [0.29, 0.717) is 0 Å². The van der Waals surface area contributed by atoms with E-state index >= 15 is 0 Å². The number of ether oxygens (including phenoxy) is 1. The normalized spacial score (nSPS) is 19.7. The van der Waals surface area contributed by atoms with E-state index in [-0.39, 0.29) is 5.78 Å². The number of carbonyl (C=O) groups excluding carboxylic acids is 1. The third kappa shape index (κ3) is 1.98. The number of carbonyl (C=O) groups is 1. The van der Waals surface area contributed by atoms with Crippen molar-refractivity contribution in [3.8, 4) is 0 Å². The van der Waals surface area contributed by atoms with Crippen LogP contribution in [0.5, 0.6) is 0 Å². The van der Waals surface area contributed by atoms with Gasteiger partial charge in [0.1, 0.15) is 5.76 Å². The van der Waals surface area contributed by atoms with Crippen LogP contribution in [0.15, 0.2) is 60.7 Å². The summed E-state index contributed by atoms with van der Waals surface area (Å²) in [4.78, 5) is 13.1. The molecule has 1 aliphatic heterocycles. The molecule has 0 aromatic heterocycles. The fraction of sp³-hybridized carbons (Fsp3) is 0.250. The minimum absolute atomic E-state index is 0.162. The molecule has 0 atom stereocenters. The predicted octanol–water partition coefficient (Wildman–Crippen LogP) is 4.47. The third-order valence-corrected chi connectivity index (χ3v) is 4.68. The fourth-order valence-electron chi connectivity index (χ4n) is 3.56. The molecular weight excluding hydrogens is 272 g/mol. The van der Waals surface area contributed by atoms with E-state index in [1.165, 1.54) is 0 Å². The summed E-state index contributed by atoms with van der Waals surface area (Å²) in [5.41, 5.74) is 2.07. The maximum absolute atomic E-state index is 13.1. The molecule has 2 aliphatic rings. The molecular formula is C20H18O2. The highest BCUT2D eigenvalue weighted by Gasteiger charge is 2.51. The molecule has 4 rings (SSSR count). The Balaban J connectivity index is 1.88. The van der Waals surface area contributed by atoms with E-state index in [1.807, 2.05) is 60.7 Å². The smallest absolute Gasteiger partial charge is 0.210 e. The van der Waals surface area contributed by atoms with Crippen molar-refractivity contribution in [3.63, 3.8) is 0 Å². The number of ketones is 1. The van der Waals surface area contributed by atoms with Crippen LogP contribution in [0.25, 0.3) is 11.3 Å². The summed E-state index contributed by atoms with van der Waals surface area (Å²) in [5.74, 6) is 0.911. The molecule has 1 spiro atoms. The van der Waals surface area contributed by atoms with Crippen LogP contribution in [0.2, 0.25) is 0 Å². The minimum atomic E-state index is -0.615.